The predicted molar refractivity (Wildman–Crippen MR) is 218 cm³/mol. The first-order valence-electron chi connectivity index (χ1n) is 21.2. The van der Waals surface area contributed by atoms with Crippen LogP contribution in [0.2, 0.25) is 0 Å². The van der Waals surface area contributed by atoms with E-state index in [1.807, 2.05) is 18.2 Å². The smallest absolute Gasteiger partial charge is 0.142 e. The summed E-state index contributed by atoms with van der Waals surface area (Å²) in [7, 11) is 0. The van der Waals surface area contributed by atoms with Gasteiger partial charge < -0.3 is 67.3 Å². The van der Waals surface area contributed by atoms with Gasteiger partial charge in [-0.2, -0.15) is 0 Å². The topological polar surface area (TPSA) is 146 Å². The van der Waals surface area contributed by atoms with Crippen molar-refractivity contribution in [1.29, 1.82) is 0 Å². The monoisotopic (exact) mass is 806 g/mol. The number of hydrogen-bond acceptors (Lipinski definition) is 14. The number of nitrogens with two attached hydrogens (primary N) is 1. The molecule has 14 heteroatoms. The van der Waals surface area contributed by atoms with E-state index in [9.17, 15) is 0 Å². The molecule has 0 radical (unpaired) electrons. The van der Waals surface area contributed by atoms with Crippen LogP contribution in [-0.4, -0.2) is 165 Å². The number of unbranched alkanes of at least 4 members (excludes halogenated alkanes) is 9. The van der Waals surface area contributed by atoms with E-state index in [1.54, 1.807) is 6.07 Å². The van der Waals surface area contributed by atoms with Gasteiger partial charge in [0.15, 0.2) is 0 Å². The molecule has 0 heterocycles. The van der Waals surface area contributed by atoms with Crippen LogP contribution in [0.3, 0.4) is 0 Å². The van der Waals surface area contributed by atoms with Crippen molar-refractivity contribution in [3.8, 4) is 5.75 Å². The first kappa shape index (κ1) is 52.4. The third kappa shape index (κ3) is 40.5. The maximum Gasteiger partial charge on any atom is 0.142 e. The fraction of sp³-hybridized carbons (Fsp3) is 0.857. The lowest BCUT2D eigenvalue weighted by molar-refractivity contribution is -0.0285. The molecule has 0 aliphatic heterocycles. The largest absolute Gasteiger partial charge is 0.489 e. The second kappa shape index (κ2) is 46.0. The number of hydrogen-bond donors (Lipinski definition) is 1. The van der Waals surface area contributed by atoms with Crippen molar-refractivity contribution in [1.82, 2.24) is 0 Å². The van der Waals surface area contributed by atoms with Crippen LogP contribution in [0.25, 0.3) is 0 Å². The van der Waals surface area contributed by atoms with Gasteiger partial charge in [-0.25, -0.2) is 0 Å². The number of nitrogen functional groups attached to an aromatic ring is 1. The molecular formula is C42H79NO13. The van der Waals surface area contributed by atoms with Gasteiger partial charge in [0.05, 0.1) is 158 Å². The van der Waals surface area contributed by atoms with E-state index in [-0.39, 0.29) is 0 Å². The Balaban J connectivity index is 1.61. The van der Waals surface area contributed by atoms with E-state index < -0.39 is 0 Å². The normalized spacial score (nSPS) is 11.5. The van der Waals surface area contributed by atoms with Gasteiger partial charge in [0.2, 0.25) is 0 Å². The second-order valence-electron chi connectivity index (χ2n) is 12.9. The minimum atomic E-state index is 0.438. The van der Waals surface area contributed by atoms with Crippen molar-refractivity contribution < 1.29 is 61.6 Å². The SMILES string of the molecule is CCCCCCCCCCCCOCCOCCOCCOCCOCCOCCOCCOCCOCCOCCOCCOCCOc1ccccc1N. The summed E-state index contributed by atoms with van der Waals surface area (Å²) in [6, 6.07) is 7.39. The Kier molecular flexibility index (Phi) is 43.0. The van der Waals surface area contributed by atoms with E-state index in [2.05, 4.69) is 6.92 Å². The molecule has 0 saturated heterocycles. The molecule has 0 bridgehead atoms. The fourth-order valence-corrected chi connectivity index (χ4v) is 5.04. The first-order valence-corrected chi connectivity index (χ1v) is 21.2. The van der Waals surface area contributed by atoms with E-state index >= 15 is 0 Å². The quantitative estimate of drug-likeness (QED) is 0.0629. The Morgan fingerprint density at radius 1 is 0.304 bits per heavy atom. The highest BCUT2D eigenvalue weighted by Gasteiger charge is 2.00. The number of ether oxygens (including phenoxy) is 13. The van der Waals surface area contributed by atoms with Gasteiger partial charge in [0.1, 0.15) is 12.4 Å². The van der Waals surface area contributed by atoms with E-state index in [1.165, 1.54) is 57.8 Å². The Morgan fingerprint density at radius 2 is 0.554 bits per heavy atom. The third-order valence-electron chi connectivity index (χ3n) is 8.14. The molecule has 0 saturated carbocycles. The molecule has 0 atom stereocenters. The van der Waals surface area contributed by atoms with Gasteiger partial charge in [-0.1, -0.05) is 76.8 Å². The molecule has 1 aromatic carbocycles. The average molecular weight is 806 g/mol. The summed E-state index contributed by atoms with van der Waals surface area (Å²) < 4.78 is 71.9. The summed E-state index contributed by atoms with van der Waals surface area (Å²) in [5.41, 5.74) is 6.45. The van der Waals surface area contributed by atoms with Crippen LogP contribution in [0.15, 0.2) is 24.3 Å². The van der Waals surface area contributed by atoms with Crippen molar-refractivity contribution in [3.63, 3.8) is 0 Å². The lowest BCUT2D eigenvalue weighted by Gasteiger charge is -2.10. The van der Waals surface area contributed by atoms with Gasteiger partial charge >= 0.3 is 0 Å². The zero-order valence-electron chi connectivity index (χ0n) is 34.9. The van der Waals surface area contributed by atoms with Gasteiger partial charge in [0.25, 0.3) is 0 Å². The summed E-state index contributed by atoms with van der Waals surface area (Å²) in [6.45, 7) is 15.6. The molecule has 0 aliphatic rings. The molecule has 0 spiro atoms. The molecule has 1 rings (SSSR count). The van der Waals surface area contributed by atoms with Gasteiger partial charge in [-0.05, 0) is 18.6 Å². The lowest BCUT2D eigenvalue weighted by atomic mass is 10.1. The lowest BCUT2D eigenvalue weighted by Crippen LogP contribution is -2.15. The van der Waals surface area contributed by atoms with Crippen LogP contribution in [0.5, 0.6) is 5.75 Å². The minimum Gasteiger partial charge on any atom is -0.489 e. The second-order valence-corrected chi connectivity index (χ2v) is 12.9. The maximum absolute atomic E-state index is 5.83. The summed E-state index contributed by atoms with van der Waals surface area (Å²) >= 11 is 0. The summed E-state index contributed by atoms with van der Waals surface area (Å²) in [5, 5.41) is 0. The number of rotatable bonds is 48. The van der Waals surface area contributed by atoms with Crippen molar-refractivity contribution in [2.45, 2.75) is 71.1 Å². The minimum absolute atomic E-state index is 0.438. The van der Waals surface area contributed by atoms with Crippen LogP contribution in [0.4, 0.5) is 5.69 Å². The van der Waals surface area contributed by atoms with Crippen molar-refractivity contribution in [3.05, 3.63) is 24.3 Å². The Labute approximate surface area is 338 Å². The Morgan fingerprint density at radius 3 is 0.857 bits per heavy atom. The molecule has 56 heavy (non-hydrogen) atoms. The maximum atomic E-state index is 5.83. The highest BCUT2D eigenvalue weighted by Crippen LogP contribution is 2.19. The fourth-order valence-electron chi connectivity index (χ4n) is 5.04. The van der Waals surface area contributed by atoms with Crippen LogP contribution >= 0.6 is 0 Å². The molecule has 0 unspecified atom stereocenters. The number of benzene rings is 1. The molecule has 330 valence electrons. The summed E-state index contributed by atoms with van der Waals surface area (Å²) in [5.74, 6) is 0.669. The third-order valence-corrected chi connectivity index (χ3v) is 8.14. The molecule has 0 aliphatic carbocycles. The number of para-hydroxylation sites is 2. The van der Waals surface area contributed by atoms with Crippen molar-refractivity contribution in [2.75, 3.05) is 171 Å². The zero-order valence-corrected chi connectivity index (χ0v) is 34.9. The molecule has 2 N–H and O–H groups in total. The standard InChI is InChI=1S/C42H79NO13/c1-2-3-4-5-6-7-8-9-10-13-16-44-17-18-45-19-20-46-21-22-47-23-24-48-25-26-49-27-28-50-29-30-51-31-32-52-33-34-53-35-36-54-37-38-55-39-40-56-42-15-12-11-14-41(42)43/h11-12,14-15H,2-10,13,16-40,43H2,1H3. The van der Waals surface area contributed by atoms with E-state index in [0.717, 1.165) is 13.0 Å². The molecular weight excluding hydrogens is 726 g/mol. The molecule has 1 aromatic rings. The van der Waals surface area contributed by atoms with Crippen LogP contribution in [0.1, 0.15) is 71.1 Å². The van der Waals surface area contributed by atoms with E-state index in [4.69, 9.17) is 67.3 Å². The van der Waals surface area contributed by atoms with Crippen LogP contribution < -0.4 is 10.5 Å². The molecule has 0 fully saturated rings. The van der Waals surface area contributed by atoms with Crippen molar-refractivity contribution in [2.24, 2.45) is 0 Å². The van der Waals surface area contributed by atoms with Gasteiger partial charge in [-0.15, -0.1) is 0 Å². The molecule has 0 amide bonds. The first-order chi connectivity index (χ1) is 27.8. The highest BCUT2D eigenvalue weighted by molar-refractivity contribution is 5.51. The Bertz CT molecular complexity index is 889. The van der Waals surface area contributed by atoms with E-state index in [0.29, 0.717) is 170 Å². The zero-order chi connectivity index (χ0) is 39.9. The summed E-state index contributed by atoms with van der Waals surface area (Å²) in [4.78, 5) is 0. The van der Waals surface area contributed by atoms with Gasteiger partial charge in [0, 0.05) is 6.61 Å². The van der Waals surface area contributed by atoms with Crippen LogP contribution in [0, 0.1) is 0 Å². The summed E-state index contributed by atoms with van der Waals surface area (Å²) in [6.07, 6.45) is 13.4. The predicted octanol–water partition coefficient (Wildman–Crippen LogP) is 5.77. The number of anilines is 1. The van der Waals surface area contributed by atoms with Gasteiger partial charge in [-0.3, -0.25) is 0 Å². The highest BCUT2D eigenvalue weighted by atomic mass is 16.6. The molecule has 0 aromatic heterocycles. The van der Waals surface area contributed by atoms with Crippen molar-refractivity contribution >= 4 is 5.69 Å². The Hall–Kier alpha value is -1.66. The molecule has 14 nitrogen and oxygen atoms in total. The van der Waals surface area contributed by atoms with Crippen LogP contribution in [-0.2, 0) is 56.8 Å². The average Bonchev–Trinajstić information content (AvgIpc) is 3.21.